The summed E-state index contributed by atoms with van der Waals surface area (Å²) in [6, 6.07) is 1.06. The highest BCUT2D eigenvalue weighted by Crippen LogP contribution is 3.02. The molecule has 0 radical (unpaired) electrons. The van der Waals surface area contributed by atoms with Crippen LogP contribution in [-0.2, 0) is 35.2 Å². The highest BCUT2D eigenvalue weighted by molar-refractivity contribution is 8.45. The first-order valence-electron chi connectivity index (χ1n) is 9.46. The van der Waals surface area contributed by atoms with Crippen molar-refractivity contribution >= 4 is 44.9 Å². The maximum Gasteiger partial charge on any atom is 0.422 e. The van der Waals surface area contributed by atoms with Crippen LogP contribution in [0.25, 0.3) is 0 Å². The summed E-state index contributed by atoms with van der Waals surface area (Å²) in [5.74, 6) is -4.95. The van der Waals surface area contributed by atoms with Crippen molar-refractivity contribution < 1.29 is 74.4 Å². The molecule has 0 heterocycles. The fourth-order valence-corrected chi connectivity index (χ4v) is 2.94. The lowest BCUT2D eigenvalue weighted by molar-refractivity contribution is -0.189. The second kappa shape index (κ2) is 11.5. The number of esters is 2. The number of carbonyl (C=O) groups excluding carboxylic acids is 4. The SMILES string of the molecule is CCN(Cc1ccc(S(F)(F)(F)(F)F)cc1C)C(=O)C(=O)OCC(F)(F)F.O=C(Cl)C(=O)OCC(F)(F)F. The Labute approximate surface area is 211 Å². The van der Waals surface area contributed by atoms with Crippen LogP contribution in [0, 0.1) is 6.92 Å². The van der Waals surface area contributed by atoms with Gasteiger partial charge < -0.3 is 14.4 Å². The van der Waals surface area contributed by atoms with Gasteiger partial charge in [0.1, 0.15) is 4.90 Å². The summed E-state index contributed by atoms with van der Waals surface area (Å²) in [6.07, 6.45) is -9.48. The summed E-state index contributed by atoms with van der Waals surface area (Å²) in [6.45, 7) is -2.02. The summed E-state index contributed by atoms with van der Waals surface area (Å²) in [7, 11) is -9.88. The molecule has 0 bridgehead atoms. The predicted octanol–water partition coefficient (Wildman–Crippen LogP) is 5.96. The molecule has 0 atom stereocenters. The Bertz CT molecular complexity index is 1060. The largest absolute Gasteiger partial charge is 0.449 e. The number of alkyl halides is 6. The predicted molar refractivity (Wildman–Crippen MR) is 109 cm³/mol. The number of hydrogen-bond acceptors (Lipinski definition) is 6. The zero-order valence-electron chi connectivity index (χ0n) is 18.9. The van der Waals surface area contributed by atoms with Crippen molar-refractivity contribution in [2.75, 3.05) is 19.8 Å². The first-order valence-corrected chi connectivity index (χ1v) is 11.8. The van der Waals surface area contributed by atoms with Gasteiger partial charge in [0.25, 0.3) is 0 Å². The lowest BCUT2D eigenvalue weighted by Gasteiger charge is -2.40. The number of hydrogen-bond donors (Lipinski definition) is 0. The number of amides is 1. The van der Waals surface area contributed by atoms with Gasteiger partial charge >= 0.3 is 45.7 Å². The van der Waals surface area contributed by atoms with E-state index in [1.165, 1.54) is 6.92 Å². The summed E-state index contributed by atoms with van der Waals surface area (Å²) in [5.41, 5.74) is -0.241. The number of ether oxygens (including phenoxy) is 2. The molecule has 1 aromatic rings. The standard InChI is InChI=1S/C14H15F8NO3S.C4H2ClF3O3/c1-3-23(12(24)13(25)26-8-14(15,16)17)7-10-4-5-11(6-9(10)2)27(18,19,20,21)22;5-2(9)3(10)11-1-4(6,7)8/h4-6H,3,7-8H2,1-2H3;1H2. The van der Waals surface area contributed by atoms with Crippen LogP contribution >= 0.6 is 21.8 Å². The summed E-state index contributed by atoms with van der Waals surface area (Å²) < 4.78 is 141. The van der Waals surface area contributed by atoms with E-state index in [1.807, 2.05) is 0 Å². The Hall–Kier alpha value is -2.83. The van der Waals surface area contributed by atoms with Gasteiger partial charge in [-0.25, -0.2) is 9.59 Å². The molecular weight excluding hydrogens is 603 g/mol. The van der Waals surface area contributed by atoms with E-state index in [2.05, 4.69) is 21.1 Å². The van der Waals surface area contributed by atoms with Crippen LogP contribution < -0.4 is 0 Å². The molecule has 1 amide bonds. The molecule has 1 rings (SSSR count). The molecule has 20 heteroatoms. The molecule has 0 aliphatic heterocycles. The number of likely N-dealkylation sites (N-methyl/N-ethyl adjacent to an activating group) is 1. The van der Waals surface area contributed by atoms with Crippen molar-refractivity contribution in [1.29, 1.82) is 0 Å². The van der Waals surface area contributed by atoms with Gasteiger partial charge in [0.15, 0.2) is 13.2 Å². The van der Waals surface area contributed by atoms with Gasteiger partial charge in [-0.15, -0.1) is 0 Å². The quantitative estimate of drug-likeness (QED) is 0.162. The van der Waals surface area contributed by atoms with Gasteiger partial charge in [0, 0.05) is 13.1 Å². The Balaban J connectivity index is 0.00000105. The van der Waals surface area contributed by atoms with E-state index in [4.69, 9.17) is 0 Å². The maximum absolute atomic E-state index is 12.8. The first-order chi connectivity index (χ1) is 16.7. The van der Waals surface area contributed by atoms with Crippen LogP contribution in [0.1, 0.15) is 18.1 Å². The molecule has 0 aliphatic rings. The Morgan fingerprint density at radius 1 is 0.868 bits per heavy atom. The molecule has 0 spiro atoms. The number of rotatable bonds is 7. The third-order valence-electron chi connectivity index (χ3n) is 3.86. The Kier molecular flexibility index (Phi) is 10.6. The van der Waals surface area contributed by atoms with Gasteiger partial charge in [0.2, 0.25) is 0 Å². The monoisotopic (exact) mass is 619 g/mol. The van der Waals surface area contributed by atoms with Crippen molar-refractivity contribution in [3.8, 4) is 0 Å². The van der Waals surface area contributed by atoms with Crippen molar-refractivity contribution in [3.05, 3.63) is 29.3 Å². The second-order valence-electron chi connectivity index (χ2n) is 7.03. The average molecular weight is 620 g/mol. The second-order valence-corrected chi connectivity index (χ2v) is 9.79. The van der Waals surface area contributed by atoms with Crippen LogP contribution in [0.2, 0.25) is 0 Å². The lowest BCUT2D eigenvalue weighted by Crippen LogP contribution is -2.38. The molecular formula is C18H17ClF11NO6S. The van der Waals surface area contributed by atoms with E-state index >= 15 is 0 Å². The highest BCUT2D eigenvalue weighted by Gasteiger charge is 2.65. The smallest absolute Gasteiger partial charge is 0.422 e. The van der Waals surface area contributed by atoms with Crippen LogP contribution in [0.15, 0.2) is 23.1 Å². The van der Waals surface area contributed by atoms with Gasteiger partial charge in [-0.2, -0.15) is 26.3 Å². The number of nitrogens with zero attached hydrogens (tertiary/aromatic N) is 1. The zero-order chi connectivity index (χ0) is 30.4. The van der Waals surface area contributed by atoms with E-state index in [0.29, 0.717) is 11.0 Å². The fraction of sp³-hybridized carbons (Fsp3) is 0.444. The van der Waals surface area contributed by atoms with E-state index in [0.717, 1.165) is 6.92 Å². The Morgan fingerprint density at radius 2 is 1.32 bits per heavy atom. The molecule has 220 valence electrons. The Morgan fingerprint density at radius 3 is 1.66 bits per heavy atom. The summed E-state index contributed by atoms with van der Waals surface area (Å²) in [4.78, 5) is 41.6. The van der Waals surface area contributed by atoms with Crippen molar-refractivity contribution in [3.63, 3.8) is 0 Å². The first kappa shape index (κ1) is 35.2. The van der Waals surface area contributed by atoms with Crippen molar-refractivity contribution in [2.45, 2.75) is 37.6 Å². The summed E-state index contributed by atoms with van der Waals surface area (Å²) >= 11 is 4.48. The molecule has 0 unspecified atom stereocenters. The number of halogens is 12. The van der Waals surface area contributed by atoms with Crippen molar-refractivity contribution in [1.82, 2.24) is 4.90 Å². The molecule has 0 saturated heterocycles. The average Bonchev–Trinajstić information content (AvgIpc) is 2.72. The van der Waals surface area contributed by atoms with Gasteiger partial charge in [-0.05, 0) is 48.7 Å². The third kappa shape index (κ3) is 13.6. The van der Waals surface area contributed by atoms with Crippen LogP contribution in [0.5, 0.6) is 0 Å². The number of benzene rings is 1. The van der Waals surface area contributed by atoms with Crippen molar-refractivity contribution in [2.24, 2.45) is 0 Å². The number of aryl methyl sites for hydroxylation is 1. The maximum atomic E-state index is 12.8. The molecule has 0 saturated carbocycles. The number of carbonyl (C=O) groups is 4. The molecule has 0 N–H and O–H groups in total. The highest BCUT2D eigenvalue weighted by atomic mass is 35.5. The molecule has 38 heavy (non-hydrogen) atoms. The van der Waals surface area contributed by atoms with Crippen LogP contribution in [0.4, 0.5) is 45.8 Å². The van der Waals surface area contributed by atoms with Crippen LogP contribution in [0.3, 0.4) is 0 Å². The third-order valence-corrected chi connectivity index (χ3v) is 5.16. The minimum atomic E-state index is -9.88. The topological polar surface area (TPSA) is 90.0 Å². The minimum Gasteiger partial charge on any atom is -0.449 e. The zero-order valence-corrected chi connectivity index (χ0v) is 20.5. The molecule has 0 aromatic heterocycles. The van der Waals surface area contributed by atoms with Crippen LogP contribution in [-0.4, -0.2) is 60.1 Å². The van der Waals surface area contributed by atoms with E-state index in [9.17, 15) is 64.9 Å². The molecule has 1 aromatic carbocycles. The van der Waals surface area contributed by atoms with Gasteiger partial charge in [-0.1, -0.05) is 25.5 Å². The normalized spacial score (nSPS) is 13.7. The van der Waals surface area contributed by atoms with E-state index in [-0.39, 0.29) is 29.8 Å². The van der Waals surface area contributed by atoms with E-state index < -0.39 is 70.3 Å². The molecule has 0 aliphatic carbocycles. The van der Waals surface area contributed by atoms with E-state index in [1.54, 1.807) is 0 Å². The van der Waals surface area contributed by atoms with Gasteiger partial charge in [0.05, 0.1) is 0 Å². The summed E-state index contributed by atoms with van der Waals surface area (Å²) in [5, 5.41) is -1.57. The minimum absolute atomic E-state index is 0.000536. The fourth-order valence-electron chi connectivity index (χ4n) is 2.16. The molecule has 0 fully saturated rings. The lowest BCUT2D eigenvalue weighted by atomic mass is 10.1. The molecule has 7 nitrogen and oxygen atoms in total. The van der Waals surface area contributed by atoms with Gasteiger partial charge in [-0.3, -0.25) is 9.59 Å².